The second-order valence-electron chi connectivity index (χ2n) is 7.18. The van der Waals surface area contributed by atoms with Crippen LogP contribution in [0.15, 0.2) is 73.3 Å². The van der Waals surface area contributed by atoms with Gasteiger partial charge in [-0.3, -0.25) is 0 Å². The van der Waals surface area contributed by atoms with Crippen molar-refractivity contribution in [3.8, 4) is 0 Å². The van der Waals surface area contributed by atoms with Gasteiger partial charge in [0.1, 0.15) is 0 Å². The number of hydrogen-bond acceptors (Lipinski definition) is 2. The summed E-state index contributed by atoms with van der Waals surface area (Å²) in [4.78, 5) is 0. The second-order valence-corrected chi connectivity index (χ2v) is 10.1. The summed E-state index contributed by atoms with van der Waals surface area (Å²) in [6.07, 6.45) is 8.74. The van der Waals surface area contributed by atoms with E-state index >= 15 is 0 Å². The smallest absolute Gasteiger partial charge is 0.152 e. The number of hydrogen-bond donors (Lipinski definition) is 1. The largest absolute Gasteiger partial charge is 0.392 e. The predicted octanol–water partition coefficient (Wildman–Crippen LogP) is 5.67. The van der Waals surface area contributed by atoms with Crippen molar-refractivity contribution in [1.29, 1.82) is 0 Å². The summed E-state index contributed by atoms with van der Waals surface area (Å²) < 4.78 is 14.3. The molecule has 0 bridgehead atoms. The van der Waals surface area contributed by atoms with E-state index in [4.69, 9.17) is 0 Å². The molecule has 146 valence electrons. The van der Waals surface area contributed by atoms with E-state index in [-0.39, 0.29) is 0 Å². The summed E-state index contributed by atoms with van der Waals surface area (Å²) in [7, 11) is -3.02. The van der Waals surface area contributed by atoms with E-state index < -0.39 is 18.9 Å². The van der Waals surface area contributed by atoms with Crippen LogP contribution in [0.1, 0.15) is 51.9 Å². The third-order valence-corrected chi connectivity index (χ3v) is 8.71. The van der Waals surface area contributed by atoms with Crippen molar-refractivity contribution in [3.05, 3.63) is 73.3 Å². The summed E-state index contributed by atoms with van der Waals surface area (Å²) in [5, 5.41) is 12.5. The van der Waals surface area contributed by atoms with Gasteiger partial charge in [-0.1, -0.05) is 112 Å². The van der Waals surface area contributed by atoms with Crippen LogP contribution < -0.4 is 10.6 Å². The van der Waals surface area contributed by atoms with Crippen molar-refractivity contribution in [1.82, 2.24) is 0 Å². The first-order chi connectivity index (χ1) is 13.1. The summed E-state index contributed by atoms with van der Waals surface area (Å²) in [5.74, 6) is 0. The predicted molar refractivity (Wildman–Crippen MR) is 118 cm³/mol. The molecule has 0 aliphatic heterocycles. The van der Waals surface area contributed by atoms with Crippen LogP contribution >= 0.6 is 7.14 Å². The van der Waals surface area contributed by atoms with Crippen molar-refractivity contribution >= 4 is 17.8 Å². The monoisotopic (exact) mass is 384 g/mol. The molecule has 0 amide bonds. The first kappa shape index (κ1) is 21.7. The fourth-order valence-electron chi connectivity index (χ4n) is 3.64. The van der Waals surface area contributed by atoms with E-state index in [1.165, 1.54) is 25.7 Å². The average molecular weight is 384 g/mol. The minimum atomic E-state index is -3.02. The van der Waals surface area contributed by atoms with Gasteiger partial charge in [0.15, 0.2) is 7.14 Å². The molecular formula is C24H33O2P. The Bertz CT molecular complexity index is 668. The van der Waals surface area contributed by atoms with Gasteiger partial charge in [-0.15, -0.1) is 6.58 Å². The molecule has 2 aromatic rings. The van der Waals surface area contributed by atoms with Crippen molar-refractivity contribution in [2.45, 2.75) is 63.6 Å². The van der Waals surface area contributed by atoms with Crippen LogP contribution in [0.5, 0.6) is 0 Å². The Morgan fingerprint density at radius 3 is 1.85 bits per heavy atom. The minimum absolute atomic E-state index is 0.474. The van der Waals surface area contributed by atoms with Crippen molar-refractivity contribution in [2.75, 3.05) is 0 Å². The highest BCUT2D eigenvalue weighted by atomic mass is 31.2. The first-order valence-corrected chi connectivity index (χ1v) is 11.9. The molecule has 0 heterocycles. The second kappa shape index (κ2) is 11.3. The van der Waals surface area contributed by atoms with Gasteiger partial charge in [0.25, 0.3) is 0 Å². The molecule has 0 saturated heterocycles. The van der Waals surface area contributed by atoms with Crippen molar-refractivity contribution in [3.63, 3.8) is 0 Å². The Morgan fingerprint density at radius 1 is 0.889 bits per heavy atom. The highest BCUT2D eigenvalue weighted by molar-refractivity contribution is 7.79. The van der Waals surface area contributed by atoms with Crippen LogP contribution in [0.25, 0.3) is 0 Å². The number of unbranched alkanes of at least 4 members (excludes halogenated alkanes) is 5. The topological polar surface area (TPSA) is 37.3 Å². The van der Waals surface area contributed by atoms with Gasteiger partial charge >= 0.3 is 0 Å². The third kappa shape index (κ3) is 5.67. The standard InChI is InChI=1S/C24H33O2P/c1-3-5-6-7-8-15-20-23(25)24(4-2)27(26,21-16-11-9-12-17-21)22-18-13-10-14-19-22/h4,9-14,16-19,23-25H,2-3,5-8,15,20H2,1H3/t23-,24+/m1/s1. The van der Waals surface area contributed by atoms with E-state index in [0.29, 0.717) is 6.42 Å². The van der Waals surface area contributed by atoms with Gasteiger partial charge < -0.3 is 9.67 Å². The van der Waals surface area contributed by atoms with Crippen LogP contribution in [-0.2, 0) is 4.57 Å². The lowest BCUT2D eigenvalue weighted by atomic mass is 10.1. The highest BCUT2D eigenvalue weighted by Crippen LogP contribution is 2.51. The summed E-state index contributed by atoms with van der Waals surface area (Å²) in [5.41, 5.74) is -0.474. The van der Waals surface area contributed by atoms with Crippen molar-refractivity contribution in [2.24, 2.45) is 0 Å². The van der Waals surface area contributed by atoms with E-state index in [0.717, 1.165) is 23.5 Å². The summed E-state index contributed by atoms with van der Waals surface area (Å²) in [6.45, 7) is 6.15. The molecule has 1 N–H and O–H groups in total. The molecule has 27 heavy (non-hydrogen) atoms. The van der Waals surface area contributed by atoms with E-state index in [1.54, 1.807) is 6.08 Å². The Hall–Kier alpha value is -1.63. The summed E-state index contributed by atoms with van der Waals surface area (Å²) in [6, 6.07) is 19.1. The molecule has 2 aromatic carbocycles. The van der Waals surface area contributed by atoms with Gasteiger partial charge in [0, 0.05) is 10.6 Å². The number of rotatable bonds is 12. The molecule has 0 radical (unpaired) electrons. The number of aliphatic hydroxyl groups is 1. The van der Waals surface area contributed by atoms with Crippen LogP contribution in [0.4, 0.5) is 0 Å². The molecule has 2 atom stereocenters. The van der Waals surface area contributed by atoms with Gasteiger partial charge in [-0.2, -0.15) is 0 Å². The fraction of sp³-hybridized carbons (Fsp3) is 0.417. The quantitative estimate of drug-likeness (QED) is 0.291. The van der Waals surface area contributed by atoms with Gasteiger partial charge in [0.2, 0.25) is 0 Å². The summed E-state index contributed by atoms with van der Waals surface area (Å²) >= 11 is 0. The molecule has 0 spiro atoms. The fourth-order valence-corrected chi connectivity index (χ4v) is 6.79. The number of benzene rings is 2. The average Bonchev–Trinajstić information content (AvgIpc) is 2.72. The maximum absolute atomic E-state index is 14.3. The zero-order chi connectivity index (χ0) is 19.5. The van der Waals surface area contributed by atoms with Gasteiger partial charge in [-0.25, -0.2) is 0 Å². The Kier molecular flexibility index (Phi) is 9.04. The highest BCUT2D eigenvalue weighted by Gasteiger charge is 2.38. The molecular weight excluding hydrogens is 351 g/mol. The lowest BCUT2D eigenvalue weighted by molar-refractivity contribution is 0.166. The van der Waals surface area contributed by atoms with Crippen LogP contribution in [0, 0.1) is 0 Å². The zero-order valence-electron chi connectivity index (χ0n) is 16.5. The van der Waals surface area contributed by atoms with E-state index in [1.807, 2.05) is 60.7 Å². The van der Waals surface area contributed by atoms with E-state index in [2.05, 4.69) is 13.5 Å². The number of aliphatic hydroxyl groups excluding tert-OH is 1. The molecule has 0 saturated carbocycles. The Balaban J connectivity index is 2.20. The maximum Gasteiger partial charge on any atom is 0.152 e. The molecule has 0 unspecified atom stereocenters. The lowest BCUT2D eigenvalue weighted by Crippen LogP contribution is -2.33. The van der Waals surface area contributed by atoms with E-state index in [9.17, 15) is 9.67 Å². The molecule has 2 rings (SSSR count). The molecule has 2 nitrogen and oxygen atoms in total. The normalized spacial score (nSPS) is 13.9. The SMILES string of the molecule is C=C[C@@H]([C@H](O)CCCCCCCC)P(=O)(c1ccccc1)c1ccccc1. The maximum atomic E-state index is 14.3. The molecule has 3 heteroatoms. The Labute approximate surface area is 164 Å². The van der Waals surface area contributed by atoms with Crippen molar-refractivity contribution < 1.29 is 9.67 Å². The molecule has 0 aliphatic carbocycles. The zero-order valence-corrected chi connectivity index (χ0v) is 17.4. The van der Waals surface area contributed by atoms with Crippen LogP contribution in [0.2, 0.25) is 0 Å². The lowest BCUT2D eigenvalue weighted by Gasteiger charge is -2.30. The van der Waals surface area contributed by atoms with Crippen LogP contribution in [-0.4, -0.2) is 16.9 Å². The minimum Gasteiger partial charge on any atom is -0.392 e. The van der Waals surface area contributed by atoms with Crippen LogP contribution in [0.3, 0.4) is 0 Å². The third-order valence-electron chi connectivity index (χ3n) is 5.19. The van der Waals surface area contributed by atoms with Gasteiger partial charge in [0.05, 0.1) is 11.8 Å². The molecule has 0 aromatic heterocycles. The first-order valence-electron chi connectivity index (χ1n) is 10.2. The Morgan fingerprint density at radius 2 is 1.37 bits per heavy atom. The molecule has 0 fully saturated rings. The molecule has 0 aliphatic rings. The van der Waals surface area contributed by atoms with Gasteiger partial charge in [-0.05, 0) is 6.42 Å².